The SMILES string of the molecule is CCS(=O)(=O)C1=NN2C(=N)/C(=C\c3cc(Cl)c(OCCOc4ccccc4)c(OC)c3)C(=O)N=C2S1. The van der Waals surface area contributed by atoms with Gasteiger partial charge in [0.05, 0.1) is 23.5 Å². The van der Waals surface area contributed by atoms with Gasteiger partial charge in [0.15, 0.2) is 17.3 Å². The summed E-state index contributed by atoms with van der Waals surface area (Å²) in [4.78, 5) is 16.5. The fourth-order valence-corrected chi connectivity index (χ4v) is 5.61. The number of halogens is 1. The van der Waals surface area contributed by atoms with E-state index in [1.807, 2.05) is 30.3 Å². The van der Waals surface area contributed by atoms with E-state index in [1.165, 1.54) is 20.1 Å². The lowest BCUT2D eigenvalue weighted by Crippen LogP contribution is -2.35. The minimum absolute atomic E-state index is 0.0197. The average molecular weight is 549 g/mol. The highest BCUT2D eigenvalue weighted by molar-refractivity contribution is 8.42. The number of methoxy groups -OCH3 is 1. The number of carbonyl (C=O) groups excluding carboxylic acids is 1. The van der Waals surface area contributed by atoms with E-state index in [4.69, 9.17) is 31.2 Å². The van der Waals surface area contributed by atoms with E-state index in [0.717, 1.165) is 16.8 Å². The smallest absolute Gasteiger partial charge is 0.283 e. The molecule has 0 spiro atoms. The zero-order valence-electron chi connectivity index (χ0n) is 19.2. The molecule has 2 aliphatic rings. The third kappa shape index (κ3) is 5.40. The van der Waals surface area contributed by atoms with Crippen LogP contribution in [0.15, 0.2) is 58.1 Å². The summed E-state index contributed by atoms with van der Waals surface area (Å²) in [5.74, 6) is 0.184. The molecular weight excluding hydrogens is 528 g/mol. The third-order valence-corrected chi connectivity index (χ3v) is 8.36. The van der Waals surface area contributed by atoms with Gasteiger partial charge in [0.1, 0.15) is 19.0 Å². The molecule has 0 aromatic heterocycles. The minimum Gasteiger partial charge on any atom is -0.493 e. The van der Waals surface area contributed by atoms with E-state index in [9.17, 15) is 13.2 Å². The maximum absolute atomic E-state index is 12.6. The first-order valence-electron chi connectivity index (χ1n) is 10.6. The Bertz CT molecular complexity index is 1410. The van der Waals surface area contributed by atoms with E-state index in [1.54, 1.807) is 12.1 Å². The van der Waals surface area contributed by atoms with Crippen molar-refractivity contribution < 1.29 is 27.4 Å². The summed E-state index contributed by atoms with van der Waals surface area (Å²) in [6, 6.07) is 12.5. The molecule has 0 radical (unpaired) electrons. The van der Waals surface area contributed by atoms with Gasteiger partial charge in [-0.05, 0) is 47.7 Å². The number of hydrogen-bond donors (Lipinski definition) is 1. The van der Waals surface area contributed by atoms with Gasteiger partial charge in [-0.15, -0.1) is 5.10 Å². The van der Waals surface area contributed by atoms with Crippen LogP contribution in [0, 0.1) is 5.41 Å². The fraction of sp³-hybridized carbons (Fsp3) is 0.217. The normalized spacial score (nSPS) is 16.5. The van der Waals surface area contributed by atoms with Crippen LogP contribution in [0.1, 0.15) is 12.5 Å². The number of hydrazone groups is 1. The second-order valence-corrected chi connectivity index (χ2v) is 11.1. The summed E-state index contributed by atoms with van der Waals surface area (Å²) in [6.07, 6.45) is 1.41. The Balaban J connectivity index is 1.53. The highest BCUT2D eigenvalue weighted by atomic mass is 35.5. The minimum atomic E-state index is -3.61. The Morgan fingerprint density at radius 2 is 1.89 bits per heavy atom. The van der Waals surface area contributed by atoms with E-state index in [-0.39, 0.29) is 44.9 Å². The highest BCUT2D eigenvalue weighted by Gasteiger charge is 2.39. The second-order valence-electron chi connectivity index (χ2n) is 7.33. The van der Waals surface area contributed by atoms with Crippen LogP contribution in [0.2, 0.25) is 5.02 Å². The number of aliphatic imine (C=N–C) groups is 1. The summed E-state index contributed by atoms with van der Waals surface area (Å²) in [5, 5.41) is 13.7. The molecule has 0 bridgehead atoms. The molecule has 36 heavy (non-hydrogen) atoms. The van der Waals surface area contributed by atoms with Gasteiger partial charge in [-0.2, -0.15) is 10.0 Å². The summed E-state index contributed by atoms with van der Waals surface area (Å²) in [7, 11) is -2.16. The number of hydrogen-bond acceptors (Lipinski definition) is 9. The molecule has 0 aliphatic carbocycles. The number of amides is 1. The van der Waals surface area contributed by atoms with Crippen LogP contribution in [0.25, 0.3) is 6.08 Å². The zero-order chi connectivity index (χ0) is 25.9. The molecule has 2 aromatic carbocycles. The number of nitrogens with one attached hydrogen (secondary N) is 1. The standard InChI is InChI=1S/C23H21ClN4O6S2/c1-3-36(30,31)23-27-28-20(25)16(21(29)26-22(28)35-23)11-14-12-17(24)19(18(13-14)32-2)34-10-9-33-15-7-5-4-6-8-15/h4-8,11-13,25H,3,9-10H2,1-2H3/b16-11+,25-20?. The number of thioether (sulfide) groups is 1. The van der Waals surface area contributed by atoms with Crippen molar-refractivity contribution in [2.45, 2.75) is 6.92 Å². The molecule has 1 N–H and O–H groups in total. The zero-order valence-corrected chi connectivity index (χ0v) is 21.6. The summed E-state index contributed by atoms with van der Waals surface area (Å²) in [6.45, 7) is 1.98. The number of nitrogens with zero attached hydrogens (tertiary/aromatic N) is 3. The molecule has 0 unspecified atom stereocenters. The number of carbonyl (C=O) groups is 1. The van der Waals surface area contributed by atoms with Gasteiger partial charge >= 0.3 is 0 Å². The summed E-state index contributed by atoms with van der Waals surface area (Å²) in [5.41, 5.74) is 0.370. The molecular formula is C23H21ClN4O6S2. The monoisotopic (exact) mass is 548 g/mol. The molecule has 2 aromatic rings. The Labute approximate surface area is 217 Å². The predicted molar refractivity (Wildman–Crippen MR) is 140 cm³/mol. The molecule has 0 fully saturated rings. The molecule has 10 nitrogen and oxygen atoms in total. The average Bonchev–Trinajstić information content (AvgIpc) is 3.31. The topological polar surface area (TPSA) is 131 Å². The molecule has 188 valence electrons. The number of ether oxygens (including phenoxy) is 3. The molecule has 0 atom stereocenters. The maximum Gasteiger partial charge on any atom is 0.283 e. The Morgan fingerprint density at radius 3 is 2.58 bits per heavy atom. The molecule has 0 saturated carbocycles. The molecule has 2 heterocycles. The number of para-hydroxylation sites is 1. The van der Waals surface area contributed by atoms with Crippen molar-refractivity contribution in [2.75, 3.05) is 26.1 Å². The van der Waals surface area contributed by atoms with Crippen molar-refractivity contribution in [3.05, 3.63) is 58.6 Å². The molecule has 1 amide bonds. The van der Waals surface area contributed by atoms with Crippen molar-refractivity contribution in [1.82, 2.24) is 5.01 Å². The quantitative estimate of drug-likeness (QED) is 0.389. The summed E-state index contributed by atoms with van der Waals surface area (Å²) < 4.78 is 40.9. The molecule has 0 saturated heterocycles. The Kier molecular flexibility index (Phi) is 7.67. The molecule has 13 heteroatoms. The van der Waals surface area contributed by atoms with Crippen LogP contribution in [0.4, 0.5) is 0 Å². The van der Waals surface area contributed by atoms with Crippen LogP contribution in [0.3, 0.4) is 0 Å². The first kappa shape index (κ1) is 25.7. The van der Waals surface area contributed by atoms with Crippen LogP contribution < -0.4 is 14.2 Å². The van der Waals surface area contributed by atoms with Crippen molar-refractivity contribution in [2.24, 2.45) is 10.1 Å². The van der Waals surface area contributed by atoms with Crippen LogP contribution >= 0.6 is 23.4 Å². The Morgan fingerprint density at radius 1 is 1.17 bits per heavy atom. The lowest BCUT2D eigenvalue weighted by molar-refractivity contribution is -0.114. The predicted octanol–water partition coefficient (Wildman–Crippen LogP) is 3.82. The van der Waals surface area contributed by atoms with E-state index >= 15 is 0 Å². The van der Waals surface area contributed by atoms with Crippen molar-refractivity contribution in [3.63, 3.8) is 0 Å². The number of benzene rings is 2. The van der Waals surface area contributed by atoms with Crippen LogP contribution in [-0.2, 0) is 14.6 Å². The van der Waals surface area contributed by atoms with E-state index in [2.05, 4.69) is 10.1 Å². The van der Waals surface area contributed by atoms with Crippen LogP contribution in [0.5, 0.6) is 17.2 Å². The molecule has 4 rings (SSSR count). The van der Waals surface area contributed by atoms with Crippen molar-refractivity contribution in [3.8, 4) is 17.2 Å². The van der Waals surface area contributed by atoms with Gasteiger partial charge in [0, 0.05) is 0 Å². The van der Waals surface area contributed by atoms with E-state index < -0.39 is 15.7 Å². The Hall–Kier alpha value is -3.35. The van der Waals surface area contributed by atoms with Crippen molar-refractivity contribution in [1.29, 1.82) is 5.41 Å². The van der Waals surface area contributed by atoms with Gasteiger partial charge in [0.2, 0.25) is 19.4 Å². The second kappa shape index (κ2) is 10.7. The van der Waals surface area contributed by atoms with Gasteiger partial charge in [-0.25, -0.2) is 8.42 Å². The lowest BCUT2D eigenvalue weighted by Gasteiger charge is -2.20. The first-order valence-corrected chi connectivity index (χ1v) is 13.5. The van der Waals surface area contributed by atoms with Gasteiger partial charge in [-0.1, -0.05) is 36.7 Å². The largest absolute Gasteiger partial charge is 0.493 e. The number of sulfone groups is 1. The third-order valence-electron chi connectivity index (χ3n) is 4.99. The van der Waals surface area contributed by atoms with Crippen molar-refractivity contribution >= 4 is 60.6 Å². The van der Waals surface area contributed by atoms with Gasteiger partial charge < -0.3 is 14.2 Å². The summed E-state index contributed by atoms with van der Waals surface area (Å²) >= 11 is 7.17. The number of fused-ring (bicyclic) bond motifs is 1. The number of amidine groups is 2. The molecule has 2 aliphatic heterocycles. The first-order chi connectivity index (χ1) is 17.2. The van der Waals surface area contributed by atoms with Gasteiger partial charge in [-0.3, -0.25) is 10.2 Å². The maximum atomic E-state index is 12.6. The van der Waals surface area contributed by atoms with E-state index in [0.29, 0.717) is 22.8 Å². The lowest BCUT2D eigenvalue weighted by atomic mass is 10.1. The number of rotatable bonds is 8. The van der Waals surface area contributed by atoms with Gasteiger partial charge in [0.25, 0.3) is 5.91 Å². The van der Waals surface area contributed by atoms with Crippen LogP contribution in [-0.4, -0.2) is 60.8 Å². The highest BCUT2D eigenvalue weighted by Crippen LogP contribution is 2.38. The fourth-order valence-electron chi connectivity index (χ4n) is 3.17.